The molecule has 0 saturated carbocycles. The molecule has 64 valence electrons. The van der Waals surface area contributed by atoms with E-state index in [2.05, 4.69) is 9.97 Å². The first-order valence-corrected chi connectivity index (χ1v) is 3.64. The van der Waals surface area contributed by atoms with Gasteiger partial charge in [-0.2, -0.15) is 0 Å². The molecule has 1 aromatic rings. The lowest BCUT2D eigenvalue weighted by Crippen LogP contribution is -2.46. The van der Waals surface area contributed by atoms with Crippen LogP contribution in [0.3, 0.4) is 0 Å². The van der Waals surface area contributed by atoms with Crippen molar-refractivity contribution in [2.45, 2.75) is 13.8 Å². The highest BCUT2D eigenvalue weighted by molar-refractivity contribution is 5.15. The molecular weight excluding hydrogens is 156 g/mol. The van der Waals surface area contributed by atoms with Crippen molar-refractivity contribution in [3.63, 3.8) is 0 Å². The summed E-state index contributed by atoms with van der Waals surface area (Å²) in [5.41, 5.74) is -0.546. The number of rotatable bonds is 0. The summed E-state index contributed by atoms with van der Waals surface area (Å²) in [4.78, 5) is 27.1. The summed E-state index contributed by atoms with van der Waals surface area (Å²) >= 11 is 0. The Labute approximate surface area is 68.3 Å². The Balaban J connectivity index is 3.84. The quantitative estimate of drug-likeness (QED) is 0.501. The Morgan fingerprint density at radius 2 is 1.25 bits per heavy atom. The molecule has 0 bridgehead atoms. The van der Waals surface area contributed by atoms with Crippen molar-refractivity contribution in [3.05, 3.63) is 31.4 Å². The SMILES string of the molecule is C/C=c1/[nH]c(=O)/c(=C\C)[nH]c1=O. The van der Waals surface area contributed by atoms with E-state index >= 15 is 0 Å². The maximum absolute atomic E-state index is 11.1. The first-order chi connectivity index (χ1) is 5.69. The zero-order valence-corrected chi connectivity index (χ0v) is 6.97. The molecule has 0 aliphatic rings. The summed E-state index contributed by atoms with van der Waals surface area (Å²) in [5, 5.41) is 0.594. The third-order valence-corrected chi connectivity index (χ3v) is 1.56. The molecule has 0 aliphatic carbocycles. The van der Waals surface area contributed by atoms with Crippen molar-refractivity contribution in [3.8, 4) is 0 Å². The maximum Gasteiger partial charge on any atom is 0.271 e. The van der Waals surface area contributed by atoms with Crippen LogP contribution in [0.15, 0.2) is 9.59 Å². The van der Waals surface area contributed by atoms with Crippen molar-refractivity contribution < 1.29 is 0 Å². The molecule has 1 rings (SSSR count). The molecule has 0 saturated heterocycles. The van der Waals surface area contributed by atoms with Crippen LogP contribution < -0.4 is 21.8 Å². The highest BCUT2D eigenvalue weighted by Gasteiger charge is 1.90. The third-order valence-electron chi connectivity index (χ3n) is 1.56. The van der Waals surface area contributed by atoms with E-state index < -0.39 is 0 Å². The first-order valence-electron chi connectivity index (χ1n) is 3.64. The molecule has 4 heteroatoms. The van der Waals surface area contributed by atoms with Crippen LogP contribution in [0, 0.1) is 0 Å². The van der Waals surface area contributed by atoms with Crippen LogP contribution in [0.1, 0.15) is 13.8 Å². The van der Waals surface area contributed by atoms with Gasteiger partial charge in [0.1, 0.15) is 10.7 Å². The fourth-order valence-corrected chi connectivity index (χ4v) is 0.899. The van der Waals surface area contributed by atoms with Gasteiger partial charge in [-0.05, 0) is 13.8 Å². The highest BCUT2D eigenvalue weighted by atomic mass is 16.1. The van der Waals surface area contributed by atoms with E-state index in [4.69, 9.17) is 0 Å². The van der Waals surface area contributed by atoms with Gasteiger partial charge in [-0.25, -0.2) is 0 Å². The van der Waals surface area contributed by atoms with Crippen LogP contribution in [-0.2, 0) is 0 Å². The van der Waals surface area contributed by atoms with Crippen LogP contribution in [0.25, 0.3) is 12.2 Å². The standard InChI is InChI=1S/C8H10N2O2/c1-3-5-7(11)10-6(4-2)8(12)9-5/h3-4H,1-2H3,(H,9,12)(H,10,11)/b5-3+,6-4+. The molecule has 0 spiro atoms. The van der Waals surface area contributed by atoms with E-state index in [1.165, 1.54) is 0 Å². The zero-order valence-electron chi connectivity index (χ0n) is 6.97. The predicted octanol–water partition coefficient (Wildman–Crippen LogP) is -1.34. The topological polar surface area (TPSA) is 65.7 Å². The molecule has 0 aliphatic heterocycles. The van der Waals surface area contributed by atoms with E-state index in [1.54, 1.807) is 26.0 Å². The molecule has 0 atom stereocenters. The first kappa shape index (κ1) is 8.52. The van der Waals surface area contributed by atoms with E-state index in [0.717, 1.165) is 0 Å². The van der Waals surface area contributed by atoms with Crippen LogP contribution in [0.5, 0.6) is 0 Å². The number of hydrogen-bond donors (Lipinski definition) is 2. The second kappa shape index (κ2) is 3.21. The van der Waals surface area contributed by atoms with E-state index in [9.17, 15) is 9.59 Å². The third kappa shape index (κ3) is 1.37. The largest absolute Gasteiger partial charge is 0.316 e. The normalized spacial score (nSPS) is 13.8. The molecule has 4 nitrogen and oxygen atoms in total. The molecule has 0 fully saturated rings. The Hall–Kier alpha value is -1.58. The minimum absolute atomic E-state index is 0.273. The average Bonchev–Trinajstić information content (AvgIpc) is 2.08. The molecule has 0 aromatic carbocycles. The molecule has 0 radical (unpaired) electrons. The van der Waals surface area contributed by atoms with Crippen LogP contribution in [0.4, 0.5) is 0 Å². The summed E-state index contributed by atoms with van der Waals surface area (Å²) in [6.45, 7) is 3.38. The summed E-state index contributed by atoms with van der Waals surface area (Å²) in [6, 6.07) is 0. The summed E-state index contributed by atoms with van der Waals surface area (Å²) in [7, 11) is 0. The van der Waals surface area contributed by atoms with E-state index in [0.29, 0.717) is 10.7 Å². The van der Waals surface area contributed by atoms with Gasteiger partial charge in [0, 0.05) is 0 Å². The Morgan fingerprint density at radius 1 is 0.917 bits per heavy atom. The fourth-order valence-electron chi connectivity index (χ4n) is 0.899. The second-order valence-corrected chi connectivity index (χ2v) is 2.31. The van der Waals surface area contributed by atoms with Crippen molar-refractivity contribution in [1.29, 1.82) is 0 Å². The van der Waals surface area contributed by atoms with Crippen LogP contribution in [-0.4, -0.2) is 9.97 Å². The van der Waals surface area contributed by atoms with Crippen molar-refractivity contribution >= 4 is 12.2 Å². The minimum Gasteiger partial charge on any atom is -0.316 e. The van der Waals surface area contributed by atoms with Gasteiger partial charge >= 0.3 is 0 Å². The Morgan fingerprint density at radius 3 is 1.50 bits per heavy atom. The maximum atomic E-state index is 11.1. The number of hydrogen-bond acceptors (Lipinski definition) is 2. The predicted molar refractivity (Wildman–Crippen MR) is 47.2 cm³/mol. The minimum atomic E-state index is -0.273. The van der Waals surface area contributed by atoms with Gasteiger partial charge in [-0.3, -0.25) is 9.59 Å². The molecule has 2 N–H and O–H groups in total. The van der Waals surface area contributed by atoms with Gasteiger partial charge in [-0.1, -0.05) is 12.2 Å². The second-order valence-electron chi connectivity index (χ2n) is 2.31. The monoisotopic (exact) mass is 166 g/mol. The van der Waals surface area contributed by atoms with Crippen molar-refractivity contribution in [2.75, 3.05) is 0 Å². The summed E-state index contributed by atoms with van der Waals surface area (Å²) in [6.07, 6.45) is 3.11. The van der Waals surface area contributed by atoms with Gasteiger partial charge in [0.05, 0.1) is 0 Å². The van der Waals surface area contributed by atoms with Crippen LogP contribution in [0.2, 0.25) is 0 Å². The summed E-state index contributed by atoms with van der Waals surface area (Å²) in [5.74, 6) is 0. The van der Waals surface area contributed by atoms with Crippen molar-refractivity contribution in [2.24, 2.45) is 0 Å². The van der Waals surface area contributed by atoms with Gasteiger partial charge in [0.15, 0.2) is 0 Å². The fraction of sp³-hybridized carbons (Fsp3) is 0.250. The van der Waals surface area contributed by atoms with Gasteiger partial charge in [-0.15, -0.1) is 0 Å². The van der Waals surface area contributed by atoms with Gasteiger partial charge < -0.3 is 9.97 Å². The lowest BCUT2D eigenvalue weighted by atomic mass is 10.5. The zero-order chi connectivity index (χ0) is 9.14. The van der Waals surface area contributed by atoms with E-state index in [-0.39, 0.29) is 11.1 Å². The Kier molecular flexibility index (Phi) is 2.28. The number of H-pyrrole nitrogens is 2. The van der Waals surface area contributed by atoms with Crippen molar-refractivity contribution in [1.82, 2.24) is 9.97 Å². The number of aromatic nitrogens is 2. The smallest absolute Gasteiger partial charge is 0.271 e. The molecule has 1 aromatic heterocycles. The molecule has 1 heterocycles. The highest BCUT2D eigenvalue weighted by Crippen LogP contribution is 1.50. The van der Waals surface area contributed by atoms with Gasteiger partial charge in [0.25, 0.3) is 11.1 Å². The molecular formula is C8H10N2O2. The molecule has 0 amide bonds. The number of nitrogens with one attached hydrogen (secondary N) is 2. The summed E-state index contributed by atoms with van der Waals surface area (Å²) < 4.78 is 0. The molecule has 0 unspecified atom stereocenters. The van der Waals surface area contributed by atoms with Crippen LogP contribution >= 0.6 is 0 Å². The van der Waals surface area contributed by atoms with Gasteiger partial charge in [0.2, 0.25) is 0 Å². The molecule has 12 heavy (non-hydrogen) atoms. The Bertz CT molecular complexity index is 445. The average molecular weight is 166 g/mol. The van der Waals surface area contributed by atoms with E-state index in [1.807, 2.05) is 0 Å². The number of aromatic amines is 2. The lowest BCUT2D eigenvalue weighted by Gasteiger charge is -1.86. The lowest BCUT2D eigenvalue weighted by molar-refractivity contribution is 1.000.